The number of hydrogen-bond donors (Lipinski definition) is 1. The third-order valence-electron chi connectivity index (χ3n) is 3.83. The molecule has 1 aliphatic rings. The maximum absolute atomic E-state index is 12.7. The normalized spacial score (nSPS) is 16.4. The lowest BCUT2D eigenvalue weighted by Gasteiger charge is -2.25. The Hall–Kier alpha value is -1.56. The third kappa shape index (κ3) is 4.22. The SMILES string of the molecule is CC(Cc1cccc(C(F)(F)F)c1)C(=O)N(CCO)C1CC1. The largest absolute Gasteiger partial charge is 0.416 e. The van der Waals surface area contributed by atoms with E-state index in [1.807, 2.05) is 0 Å². The van der Waals surface area contributed by atoms with Gasteiger partial charge in [-0.2, -0.15) is 13.2 Å². The molecule has 1 atom stereocenters. The van der Waals surface area contributed by atoms with Gasteiger partial charge in [-0.1, -0.05) is 25.1 Å². The Kier molecular flexibility index (Phi) is 5.11. The molecular formula is C16H20F3NO2. The molecule has 0 spiro atoms. The van der Waals surface area contributed by atoms with Crippen LogP contribution >= 0.6 is 0 Å². The van der Waals surface area contributed by atoms with Crippen molar-refractivity contribution in [1.29, 1.82) is 0 Å². The van der Waals surface area contributed by atoms with E-state index < -0.39 is 17.7 Å². The van der Waals surface area contributed by atoms with Crippen molar-refractivity contribution in [3.63, 3.8) is 0 Å². The summed E-state index contributed by atoms with van der Waals surface area (Å²) in [6, 6.07) is 5.27. The van der Waals surface area contributed by atoms with Gasteiger partial charge in [-0.25, -0.2) is 0 Å². The first-order valence-corrected chi connectivity index (χ1v) is 7.40. The van der Waals surface area contributed by atoms with Gasteiger partial charge in [0.25, 0.3) is 0 Å². The van der Waals surface area contributed by atoms with Crippen molar-refractivity contribution < 1.29 is 23.1 Å². The van der Waals surface area contributed by atoms with E-state index in [0.717, 1.165) is 25.0 Å². The number of aliphatic hydroxyl groups is 1. The fourth-order valence-electron chi connectivity index (χ4n) is 2.57. The molecule has 1 aromatic carbocycles. The summed E-state index contributed by atoms with van der Waals surface area (Å²) in [4.78, 5) is 14.0. The van der Waals surface area contributed by atoms with Crippen molar-refractivity contribution in [2.75, 3.05) is 13.2 Å². The monoisotopic (exact) mass is 315 g/mol. The highest BCUT2D eigenvalue weighted by atomic mass is 19.4. The zero-order valence-electron chi connectivity index (χ0n) is 12.4. The molecule has 1 aromatic rings. The lowest BCUT2D eigenvalue weighted by Crippen LogP contribution is -2.39. The van der Waals surface area contributed by atoms with Crippen molar-refractivity contribution >= 4 is 5.91 Å². The third-order valence-corrected chi connectivity index (χ3v) is 3.83. The van der Waals surface area contributed by atoms with E-state index in [2.05, 4.69) is 0 Å². The second-order valence-corrected chi connectivity index (χ2v) is 5.79. The van der Waals surface area contributed by atoms with Crippen molar-refractivity contribution in [3.8, 4) is 0 Å². The highest BCUT2D eigenvalue weighted by Crippen LogP contribution is 2.31. The first kappa shape index (κ1) is 16.8. The molecule has 0 saturated heterocycles. The quantitative estimate of drug-likeness (QED) is 0.877. The van der Waals surface area contributed by atoms with E-state index in [-0.39, 0.29) is 31.5 Å². The highest BCUT2D eigenvalue weighted by Gasteiger charge is 2.34. The van der Waals surface area contributed by atoms with E-state index in [1.54, 1.807) is 17.9 Å². The standard InChI is InChI=1S/C16H20F3NO2/c1-11(15(22)20(7-8-21)14-5-6-14)9-12-3-2-4-13(10-12)16(17,18)19/h2-4,10-11,14,21H,5-9H2,1H3. The Morgan fingerprint density at radius 2 is 2.09 bits per heavy atom. The molecule has 1 fully saturated rings. The van der Waals surface area contributed by atoms with Gasteiger partial charge in [-0.15, -0.1) is 0 Å². The topological polar surface area (TPSA) is 40.5 Å². The molecule has 0 radical (unpaired) electrons. The zero-order valence-corrected chi connectivity index (χ0v) is 12.4. The molecular weight excluding hydrogens is 295 g/mol. The number of alkyl halides is 3. The fraction of sp³-hybridized carbons (Fsp3) is 0.562. The molecule has 0 heterocycles. The Morgan fingerprint density at radius 1 is 1.41 bits per heavy atom. The lowest BCUT2D eigenvalue weighted by atomic mass is 9.98. The number of benzene rings is 1. The Balaban J connectivity index is 2.04. The maximum atomic E-state index is 12.7. The van der Waals surface area contributed by atoms with Crippen molar-refractivity contribution in [3.05, 3.63) is 35.4 Å². The predicted molar refractivity (Wildman–Crippen MR) is 76.1 cm³/mol. The summed E-state index contributed by atoms with van der Waals surface area (Å²) in [6.07, 6.45) is -2.25. The van der Waals surface area contributed by atoms with Crippen LogP contribution in [0, 0.1) is 5.92 Å². The van der Waals surface area contributed by atoms with Gasteiger partial charge in [-0.05, 0) is 30.9 Å². The summed E-state index contributed by atoms with van der Waals surface area (Å²) in [7, 11) is 0. The minimum atomic E-state index is -4.37. The number of amides is 1. The van der Waals surface area contributed by atoms with Crippen LogP contribution in [-0.4, -0.2) is 35.1 Å². The molecule has 122 valence electrons. The van der Waals surface area contributed by atoms with E-state index in [1.165, 1.54) is 6.07 Å². The minimum Gasteiger partial charge on any atom is -0.395 e. The molecule has 22 heavy (non-hydrogen) atoms. The molecule has 0 bridgehead atoms. The number of halogens is 3. The van der Waals surface area contributed by atoms with E-state index in [4.69, 9.17) is 5.11 Å². The molecule has 3 nitrogen and oxygen atoms in total. The highest BCUT2D eigenvalue weighted by molar-refractivity contribution is 5.79. The zero-order chi connectivity index (χ0) is 16.3. The molecule has 1 unspecified atom stereocenters. The lowest BCUT2D eigenvalue weighted by molar-refractivity contribution is -0.137. The van der Waals surface area contributed by atoms with Crippen LogP contribution in [0.5, 0.6) is 0 Å². The first-order chi connectivity index (χ1) is 10.3. The Bertz CT molecular complexity index is 526. The van der Waals surface area contributed by atoms with Crippen LogP contribution in [0.15, 0.2) is 24.3 Å². The molecule has 1 aliphatic carbocycles. The van der Waals surface area contributed by atoms with E-state index >= 15 is 0 Å². The van der Waals surface area contributed by atoms with Crippen LogP contribution in [0.2, 0.25) is 0 Å². The number of nitrogens with zero attached hydrogens (tertiary/aromatic N) is 1. The van der Waals surface area contributed by atoms with Gasteiger partial charge in [0, 0.05) is 18.5 Å². The molecule has 1 saturated carbocycles. The average molecular weight is 315 g/mol. The van der Waals surface area contributed by atoms with Crippen LogP contribution < -0.4 is 0 Å². The molecule has 1 amide bonds. The van der Waals surface area contributed by atoms with Crippen molar-refractivity contribution in [2.45, 2.75) is 38.4 Å². The van der Waals surface area contributed by atoms with Gasteiger partial charge in [-0.3, -0.25) is 4.79 Å². The second kappa shape index (κ2) is 6.69. The number of carbonyl (C=O) groups is 1. The summed E-state index contributed by atoms with van der Waals surface area (Å²) in [5.74, 6) is -0.510. The van der Waals surface area contributed by atoms with Crippen molar-refractivity contribution in [2.24, 2.45) is 5.92 Å². The van der Waals surface area contributed by atoms with Crippen LogP contribution in [0.25, 0.3) is 0 Å². The first-order valence-electron chi connectivity index (χ1n) is 7.40. The summed E-state index contributed by atoms with van der Waals surface area (Å²) >= 11 is 0. The molecule has 0 aliphatic heterocycles. The van der Waals surface area contributed by atoms with E-state index in [9.17, 15) is 18.0 Å². The number of aliphatic hydroxyl groups excluding tert-OH is 1. The summed E-state index contributed by atoms with van der Waals surface area (Å²) in [5, 5.41) is 9.04. The van der Waals surface area contributed by atoms with Crippen molar-refractivity contribution in [1.82, 2.24) is 4.90 Å². The molecule has 6 heteroatoms. The van der Waals surface area contributed by atoms with Crippen LogP contribution in [0.4, 0.5) is 13.2 Å². The fourth-order valence-corrected chi connectivity index (χ4v) is 2.57. The summed E-state index contributed by atoms with van der Waals surface area (Å²) < 4.78 is 38.1. The molecule has 0 aromatic heterocycles. The van der Waals surface area contributed by atoms with E-state index in [0.29, 0.717) is 5.56 Å². The Morgan fingerprint density at radius 3 is 2.64 bits per heavy atom. The smallest absolute Gasteiger partial charge is 0.395 e. The van der Waals surface area contributed by atoms with Crippen LogP contribution in [0.3, 0.4) is 0 Å². The van der Waals surface area contributed by atoms with Gasteiger partial charge < -0.3 is 10.0 Å². The average Bonchev–Trinajstić information content (AvgIpc) is 3.28. The van der Waals surface area contributed by atoms with Gasteiger partial charge in [0.15, 0.2) is 0 Å². The van der Waals surface area contributed by atoms with Gasteiger partial charge >= 0.3 is 6.18 Å². The van der Waals surface area contributed by atoms with Gasteiger partial charge in [0.05, 0.1) is 12.2 Å². The number of carbonyl (C=O) groups excluding carboxylic acids is 1. The molecule has 1 N–H and O–H groups in total. The van der Waals surface area contributed by atoms with Crippen LogP contribution in [-0.2, 0) is 17.4 Å². The maximum Gasteiger partial charge on any atom is 0.416 e. The second-order valence-electron chi connectivity index (χ2n) is 5.79. The number of rotatable bonds is 6. The van der Waals surface area contributed by atoms with Gasteiger partial charge in [0.2, 0.25) is 5.91 Å². The van der Waals surface area contributed by atoms with Crippen LogP contribution in [0.1, 0.15) is 30.9 Å². The number of hydrogen-bond acceptors (Lipinski definition) is 2. The van der Waals surface area contributed by atoms with Gasteiger partial charge in [0.1, 0.15) is 0 Å². The molecule has 2 rings (SSSR count). The summed E-state index contributed by atoms with van der Waals surface area (Å²) in [5.41, 5.74) is -0.200. The predicted octanol–water partition coefficient (Wildman–Crippen LogP) is 2.87. The minimum absolute atomic E-state index is 0.0987. The Labute approximate surface area is 127 Å². The summed E-state index contributed by atoms with van der Waals surface area (Å²) in [6.45, 7) is 1.91.